The highest BCUT2D eigenvalue weighted by atomic mass is 32.1. The number of rotatable bonds is 7. The molecule has 0 aliphatic heterocycles. The van der Waals surface area contributed by atoms with Crippen molar-refractivity contribution in [2.45, 2.75) is 33.4 Å². The summed E-state index contributed by atoms with van der Waals surface area (Å²) in [5.41, 5.74) is 0.379. The summed E-state index contributed by atoms with van der Waals surface area (Å²) in [6.45, 7) is 3.45. The number of hydrogen-bond acceptors (Lipinski definition) is 8. The Kier molecular flexibility index (Phi) is 6.03. The molecule has 3 heterocycles. The number of fused-ring (bicyclic) bond motifs is 2. The molecule has 0 unspecified atom stereocenters. The Morgan fingerprint density at radius 3 is 2.65 bits per heavy atom. The van der Waals surface area contributed by atoms with E-state index in [1.54, 1.807) is 25.2 Å². The van der Waals surface area contributed by atoms with Crippen molar-refractivity contribution >= 4 is 49.1 Å². The number of carbonyl (C=O) groups excluding carboxylic acids is 1. The molecule has 8 nitrogen and oxygen atoms in total. The summed E-state index contributed by atoms with van der Waals surface area (Å²) in [7, 11) is 0. The zero-order valence-corrected chi connectivity index (χ0v) is 18.7. The first-order chi connectivity index (χ1) is 15.0. The number of hydrogen-bond donors (Lipinski definition) is 1. The Labute approximate surface area is 185 Å². The summed E-state index contributed by atoms with van der Waals surface area (Å²) >= 11 is 2.65. The van der Waals surface area contributed by atoms with E-state index >= 15 is 0 Å². The molecule has 0 fully saturated rings. The molecule has 31 heavy (non-hydrogen) atoms. The quantitative estimate of drug-likeness (QED) is 0.426. The van der Waals surface area contributed by atoms with Gasteiger partial charge in [-0.2, -0.15) is 0 Å². The number of thiazole rings is 1. The number of para-hydroxylation sites is 1. The first-order valence-electron chi connectivity index (χ1n) is 9.85. The van der Waals surface area contributed by atoms with E-state index in [0.29, 0.717) is 33.6 Å². The van der Waals surface area contributed by atoms with Crippen molar-refractivity contribution in [1.82, 2.24) is 14.1 Å². The van der Waals surface area contributed by atoms with Crippen molar-refractivity contribution in [3.63, 3.8) is 0 Å². The maximum Gasteiger partial charge on any atom is 0.348 e. The predicted molar refractivity (Wildman–Crippen MR) is 121 cm³/mol. The molecular weight excluding hydrogens is 438 g/mol. The Morgan fingerprint density at radius 1 is 1.16 bits per heavy atom. The highest BCUT2D eigenvalue weighted by molar-refractivity contribution is 7.20. The Morgan fingerprint density at radius 2 is 1.94 bits per heavy atom. The van der Waals surface area contributed by atoms with E-state index < -0.39 is 17.2 Å². The lowest BCUT2D eigenvalue weighted by molar-refractivity contribution is 0.0531. The molecule has 0 spiro atoms. The molecule has 0 saturated carbocycles. The van der Waals surface area contributed by atoms with Gasteiger partial charge in [-0.3, -0.25) is 13.9 Å². The molecule has 0 radical (unpaired) electrons. The molecule has 1 N–H and O–H groups in total. The van der Waals surface area contributed by atoms with Crippen LogP contribution >= 0.6 is 22.7 Å². The zero-order chi connectivity index (χ0) is 22.1. The summed E-state index contributed by atoms with van der Waals surface area (Å²) in [6, 6.07) is 7.82. The van der Waals surface area contributed by atoms with Crippen molar-refractivity contribution in [1.29, 1.82) is 0 Å². The van der Waals surface area contributed by atoms with Crippen molar-refractivity contribution < 1.29 is 14.6 Å². The van der Waals surface area contributed by atoms with Gasteiger partial charge in [-0.15, -0.1) is 22.7 Å². The molecule has 162 valence electrons. The first kappa shape index (κ1) is 21.4. The number of aryl methyl sites for hydroxylation is 3. The van der Waals surface area contributed by atoms with Crippen LogP contribution in [0.2, 0.25) is 0 Å². The number of aromatic nitrogens is 3. The average Bonchev–Trinajstić information content (AvgIpc) is 3.32. The third-order valence-corrected chi connectivity index (χ3v) is 7.36. The van der Waals surface area contributed by atoms with Crippen LogP contribution in [-0.2, 0) is 24.2 Å². The van der Waals surface area contributed by atoms with Crippen molar-refractivity contribution in [2.24, 2.45) is 0 Å². The van der Waals surface area contributed by atoms with Crippen LogP contribution < -0.4 is 11.2 Å². The summed E-state index contributed by atoms with van der Waals surface area (Å²) in [5, 5.41) is 10.6. The maximum absolute atomic E-state index is 13.1. The van der Waals surface area contributed by atoms with Crippen LogP contribution in [0.1, 0.15) is 27.2 Å². The minimum Gasteiger partial charge on any atom is -0.462 e. The van der Waals surface area contributed by atoms with Gasteiger partial charge >= 0.3 is 11.7 Å². The van der Waals surface area contributed by atoms with Crippen LogP contribution in [0.4, 0.5) is 0 Å². The Balaban J connectivity index is 1.83. The molecule has 4 rings (SSSR count). The summed E-state index contributed by atoms with van der Waals surface area (Å²) in [4.78, 5) is 43.8. The Bertz CT molecular complexity index is 1360. The standard InChI is InChI=1S/C21H21N3O5S2/c1-3-29-20(27)17-12(2)16-18(26)23(10-11-25)21(28)24(19(16)31-17)9-8-15-22-13-6-4-5-7-14(13)30-15/h4-7,25H,3,8-11H2,1-2H3. The number of aliphatic hydroxyl groups excluding tert-OH is 1. The number of carbonyl (C=O) groups is 1. The molecule has 0 saturated heterocycles. The molecule has 4 aromatic rings. The van der Waals surface area contributed by atoms with Gasteiger partial charge in [-0.25, -0.2) is 14.6 Å². The largest absolute Gasteiger partial charge is 0.462 e. The summed E-state index contributed by atoms with van der Waals surface area (Å²) < 4.78 is 8.70. The molecular formula is C21H21N3O5S2. The maximum atomic E-state index is 13.1. The molecule has 0 aliphatic carbocycles. The molecule has 3 aromatic heterocycles. The smallest absolute Gasteiger partial charge is 0.348 e. The molecule has 0 aliphatic rings. The monoisotopic (exact) mass is 459 g/mol. The van der Waals surface area contributed by atoms with Gasteiger partial charge < -0.3 is 9.84 Å². The molecule has 0 bridgehead atoms. The van der Waals surface area contributed by atoms with Crippen LogP contribution in [-0.4, -0.2) is 38.4 Å². The van der Waals surface area contributed by atoms with Gasteiger partial charge in [0.15, 0.2) is 0 Å². The third-order valence-electron chi connectivity index (χ3n) is 4.97. The van der Waals surface area contributed by atoms with Crippen LogP contribution in [0.25, 0.3) is 20.4 Å². The molecule has 1 aromatic carbocycles. The Hall–Kier alpha value is -2.82. The minimum absolute atomic E-state index is 0.112. The number of esters is 1. The lowest BCUT2D eigenvalue weighted by Crippen LogP contribution is -2.40. The first-order valence-corrected chi connectivity index (χ1v) is 11.5. The van der Waals surface area contributed by atoms with Gasteiger partial charge in [0.2, 0.25) is 0 Å². The van der Waals surface area contributed by atoms with Gasteiger partial charge in [0.1, 0.15) is 9.71 Å². The van der Waals surface area contributed by atoms with Gasteiger partial charge in [-0.1, -0.05) is 12.1 Å². The van der Waals surface area contributed by atoms with Crippen molar-refractivity contribution in [3.8, 4) is 0 Å². The van der Waals surface area contributed by atoms with E-state index in [1.807, 2.05) is 24.3 Å². The fraction of sp³-hybridized carbons (Fsp3) is 0.333. The van der Waals surface area contributed by atoms with Crippen molar-refractivity contribution in [2.75, 3.05) is 13.2 Å². The zero-order valence-electron chi connectivity index (χ0n) is 17.1. The van der Waals surface area contributed by atoms with Gasteiger partial charge in [-0.05, 0) is 31.5 Å². The minimum atomic E-state index is -0.514. The SMILES string of the molecule is CCOC(=O)c1sc2c(c1C)c(=O)n(CCO)c(=O)n2CCc1nc2ccccc2s1. The second-order valence-corrected chi connectivity index (χ2v) is 9.01. The van der Waals surface area contributed by atoms with Gasteiger partial charge in [0.25, 0.3) is 5.56 Å². The average molecular weight is 460 g/mol. The van der Waals surface area contributed by atoms with Crippen molar-refractivity contribution in [3.05, 3.63) is 60.6 Å². The number of nitrogens with zero attached hydrogens (tertiary/aromatic N) is 3. The lowest BCUT2D eigenvalue weighted by atomic mass is 10.2. The second-order valence-electron chi connectivity index (χ2n) is 6.90. The lowest BCUT2D eigenvalue weighted by Gasteiger charge is -2.11. The van der Waals surface area contributed by atoms with E-state index in [0.717, 1.165) is 31.1 Å². The van der Waals surface area contributed by atoms with Crippen LogP contribution in [0.15, 0.2) is 33.9 Å². The number of benzene rings is 1. The van der Waals surface area contributed by atoms with Crippen LogP contribution in [0, 0.1) is 6.92 Å². The van der Waals surface area contributed by atoms with Gasteiger partial charge in [0, 0.05) is 13.0 Å². The highest BCUT2D eigenvalue weighted by Gasteiger charge is 2.23. The van der Waals surface area contributed by atoms with E-state index in [4.69, 9.17) is 4.74 Å². The van der Waals surface area contributed by atoms with E-state index in [1.165, 1.54) is 4.57 Å². The molecule has 10 heteroatoms. The van der Waals surface area contributed by atoms with Crippen LogP contribution in [0.5, 0.6) is 0 Å². The topological polar surface area (TPSA) is 103 Å². The highest BCUT2D eigenvalue weighted by Crippen LogP contribution is 2.29. The predicted octanol–water partition coefficient (Wildman–Crippen LogP) is 2.55. The second kappa shape index (κ2) is 8.74. The number of thiophene rings is 1. The summed E-state index contributed by atoms with van der Waals surface area (Å²) in [5.74, 6) is -0.514. The van der Waals surface area contributed by atoms with Gasteiger partial charge in [0.05, 0.1) is 40.4 Å². The fourth-order valence-corrected chi connectivity index (χ4v) is 5.68. The van der Waals surface area contributed by atoms with E-state index in [2.05, 4.69) is 4.98 Å². The van der Waals surface area contributed by atoms with E-state index in [-0.39, 0.29) is 19.8 Å². The number of ether oxygens (including phenoxy) is 1. The summed E-state index contributed by atoms with van der Waals surface area (Å²) in [6.07, 6.45) is 0.497. The van der Waals surface area contributed by atoms with Crippen LogP contribution in [0.3, 0.4) is 0 Å². The number of aliphatic hydroxyl groups is 1. The third kappa shape index (κ3) is 3.82. The molecule has 0 amide bonds. The fourth-order valence-electron chi connectivity index (χ4n) is 3.51. The van der Waals surface area contributed by atoms with E-state index in [9.17, 15) is 19.5 Å². The normalized spacial score (nSPS) is 11.5. The molecule has 0 atom stereocenters.